The molecule has 0 saturated carbocycles. The summed E-state index contributed by atoms with van der Waals surface area (Å²) in [5.74, 6) is 1.34. The summed E-state index contributed by atoms with van der Waals surface area (Å²) in [6, 6.07) is 12.8. The van der Waals surface area contributed by atoms with Gasteiger partial charge in [-0.2, -0.15) is 0 Å². The van der Waals surface area contributed by atoms with Gasteiger partial charge in [0, 0.05) is 10.9 Å². The number of hydrogen-bond donors (Lipinski definition) is 3. The molecule has 124 valence electrons. The molecule has 3 N–H and O–H groups in total. The molecular formula is C17H16BrN3O3. The molecule has 6 nitrogen and oxygen atoms in total. The maximum atomic E-state index is 11.2. The van der Waals surface area contributed by atoms with Gasteiger partial charge in [-0.1, -0.05) is 28.1 Å². The molecular weight excluding hydrogens is 374 g/mol. The van der Waals surface area contributed by atoms with Gasteiger partial charge in [0.1, 0.15) is 11.6 Å². The standard InChI is InChI=1S/C17H16BrN3O3/c1-24-12-5-2-10(3-6-12)8-15(21-17(22)23)16-19-13-7-4-11(18)9-14(13)20-16/h2-7,9,15,21H,8H2,1H3,(H,19,20)(H,22,23). The van der Waals surface area contributed by atoms with Crippen LogP contribution in [-0.4, -0.2) is 28.3 Å². The molecule has 0 spiro atoms. The lowest BCUT2D eigenvalue weighted by molar-refractivity contribution is 0.189. The summed E-state index contributed by atoms with van der Waals surface area (Å²) in [5, 5.41) is 11.7. The third kappa shape index (κ3) is 3.68. The van der Waals surface area contributed by atoms with Crippen LogP contribution < -0.4 is 10.1 Å². The highest BCUT2D eigenvalue weighted by molar-refractivity contribution is 9.10. The number of ether oxygens (including phenoxy) is 1. The average Bonchev–Trinajstić information content (AvgIpc) is 2.97. The van der Waals surface area contributed by atoms with Crippen molar-refractivity contribution in [2.45, 2.75) is 12.5 Å². The number of aromatic nitrogens is 2. The van der Waals surface area contributed by atoms with Crippen LogP contribution in [0.4, 0.5) is 4.79 Å². The molecule has 1 atom stereocenters. The number of halogens is 1. The van der Waals surface area contributed by atoms with E-state index in [2.05, 4.69) is 31.2 Å². The van der Waals surface area contributed by atoms with Crippen LogP contribution in [0.1, 0.15) is 17.4 Å². The molecule has 0 fully saturated rings. The van der Waals surface area contributed by atoms with Crippen molar-refractivity contribution in [1.82, 2.24) is 15.3 Å². The maximum absolute atomic E-state index is 11.2. The molecule has 3 aromatic rings. The van der Waals surface area contributed by atoms with Crippen molar-refractivity contribution in [2.75, 3.05) is 7.11 Å². The fourth-order valence-corrected chi connectivity index (χ4v) is 2.88. The minimum absolute atomic E-state index is 0.470. The zero-order valence-electron chi connectivity index (χ0n) is 12.9. The van der Waals surface area contributed by atoms with Gasteiger partial charge in [0.25, 0.3) is 0 Å². The van der Waals surface area contributed by atoms with Crippen LogP contribution in [-0.2, 0) is 6.42 Å². The number of aromatic amines is 1. The van der Waals surface area contributed by atoms with Gasteiger partial charge in [0.05, 0.1) is 24.2 Å². The topological polar surface area (TPSA) is 87.2 Å². The number of rotatable bonds is 5. The molecule has 0 aliphatic rings. The first kappa shape index (κ1) is 16.3. The second kappa shape index (κ2) is 6.92. The highest BCUT2D eigenvalue weighted by atomic mass is 79.9. The Morgan fingerprint density at radius 1 is 1.33 bits per heavy atom. The summed E-state index contributed by atoms with van der Waals surface area (Å²) >= 11 is 3.41. The number of nitrogens with one attached hydrogen (secondary N) is 2. The van der Waals surface area contributed by atoms with Gasteiger partial charge in [-0.15, -0.1) is 0 Å². The first-order chi connectivity index (χ1) is 11.5. The summed E-state index contributed by atoms with van der Waals surface area (Å²) in [5.41, 5.74) is 2.63. The number of hydrogen-bond acceptors (Lipinski definition) is 3. The van der Waals surface area contributed by atoms with Gasteiger partial charge >= 0.3 is 6.09 Å². The van der Waals surface area contributed by atoms with E-state index in [4.69, 9.17) is 9.84 Å². The Morgan fingerprint density at radius 3 is 2.75 bits per heavy atom. The van der Waals surface area contributed by atoms with Gasteiger partial charge in [-0.3, -0.25) is 0 Å². The summed E-state index contributed by atoms with van der Waals surface area (Å²) in [7, 11) is 1.61. The van der Waals surface area contributed by atoms with Gasteiger partial charge in [0.15, 0.2) is 0 Å². The number of amides is 1. The van der Waals surface area contributed by atoms with E-state index in [1.54, 1.807) is 7.11 Å². The number of fused-ring (bicyclic) bond motifs is 1. The monoisotopic (exact) mass is 389 g/mol. The third-order valence-electron chi connectivity index (χ3n) is 3.69. The fourth-order valence-electron chi connectivity index (χ4n) is 2.53. The molecule has 24 heavy (non-hydrogen) atoms. The van der Waals surface area contributed by atoms with Crippen molar-refractivity contribution < 1.29 is 14.6 Å². The van der Waals surface area contributed by atoms with Crippen molar-refractivity contribution in [3.8, 4) is 5.75 Å². The van der Waals surface area contributed by atoms with Crippen LogP contribution in [0.3, 0.4) is 0 Å². The summed E-state index contributed by atoms with van der Waals surface area (Å²) in [6.07, 6.45) is -0.604. The van der Waals surface area contributed by atoms with E-state index in [-0.39, 0.29) is 0 Å². The number of imidazole rings is 1. The number of carboxylic acid groups (broad SMARTS) is 1. The lowest BCUT2D eigenvalue weighted by Gasteiger charge is -2.15. The van der Waals surface area contributed by atoms with E-state index in [0.717, 1.165) is 26.8 Å². The quantitative estimate of drug-likeness (QED) is 0.617. The largest absolute Gasteiger partial charge is 0.497 e. The van der Waals surface area contributed by atoms with E-state index in [0.29, 0.717) is 12.2 Å². The smallest absolute Gasteiger partial charge is 0.405 e. The van der Waals surface area contributed by atoms with Crippen molar-refractivity contribution >= 4 is 33.1 Å². The van der Waals surface area contributed by atoms with E-state index in [1.165, 1.54) is 0 Å². The second-order valence-corrected chi connectivity index (χ2v) is 6.25. The highest BCUT2D eigenvalue weighted by Crippen LogP contribution is 2.23. The van der Waals surface area contributed by atoms with E-state index in [1.807, 2.05) is 42.5 Å². The van der Waals surface area contributed by atoms with Crippen LogP contribution in [0.25, 0.3) is 11.0 Å². The minimum Gasteiger partial charge on any atom is -0.497 e. The van der Waals surface area contributed by atoms with Gasteiger partial charge in [0.2, 0.25) is 0 Å². The Labute approximate surface area is 147 Å². The first-order valence-corrected chi connectivity index (χ1v) is 8.12. The molecule has 7 heteroatoms. The predicted octanol–water partition coefficient (Wildman–Crippen LogP) is 3.89. The molecule has 1 unspecified atom stereocenters. The van der Waals surface area contributed by atoms with Crippen molar-refractivity contribution in [3.05, 3.63) is 58.3 Å². The molecule has 0 aliphatic carbocycles. The molecule has 0 aliphatic heterocycles. The van der Waals surface area contributed by atoms with Crippen molar-refractivity contribution in [3.63, 3.8) is 0 Å². The molecule has 0 radical (unpaired) electrons. The van der Waals surface area contributed by atoms with Gasteiger partial charge in [-0.25, -0.2) is 9.78 Å². The summed E-state index contributed by atoms with van der Waals surface area (Å²) in [4.78, 5) is 18.9. The number of methoxy groups -OCH3 is 1. The highest BCUT2D eigenvalue weighted by Gasteiger charge is 2.19. The summed E-state index contributed by atoms with van der Waals surface area (Å²) < 4.78 is 6.06. The third-order valence-corrected chi connectivity index (χ3v) is 4.18. The predicted molar refractivity (Wildman–Crippen MR) is 94.4 cm³/mol. The molecule has 3 rings (SSSR count). The SMILES string of the molecule is COc1ccc(CC(NC(=O)O)c2nc3cc(Br)ccc3[nH]2)cc1. The minimum atomic E-state index is -1.09. The molecule has 0 saturated heterocycles. The Hall–Kier alpha value is -2.54. The Balaban J connectivity index is 1.90. The summed E-state index contributed by atoms with van der Waals surface area (Å²) in [6.45, 7) is 0. The Kier molecular flexibility index (Phi) is 4.71. The normalized spacial score (nSPS) is 12.1. The van der Waals surface area contributed by atoms with Crippen LogP contribution >= 0.6 is 15.9 Å². The molecule has 2 aromatic carbocycles. The van der Waals surface area contributed by atoms with Gasteiger partial charge < -0.3 is 20.1 Å². The lowest BCUT2D eigenvalue weighted by atomic mass is 10.1. The zero-order chi connectivity index (χ0) is 17.1. The fraction of sp³-hybridized carbons (Fsp3) is 0.176. The number of carbonyl (C=O) groups is 1. The van der Waals surface area contributed by atoms with Gasteiger partial charge in [-0.05, 0) is 35.9 Å². The second-order valence-electron chi connectivity index (χ2n) is 5.34. The molecule has 1 heterocycles. The van der Waals surface area contributed by atoms with Crippen molar-refractivity contribution in [2.24, 2.45) is 0 Å². The maximum Gasteiger partial charge on any atom is 0.405 e. The van der Waals surface area contributed by atoms with Crippen LogP contribution in [0.2, 0.25) is 0 Å². The molecule has 1 aromatic heterocycles. The Morgan fingerprint density at radius 2 is 2.08 bits per heavy atom. The van der Waals surface area contributed by atoms with E-state index >= 15 is 0 Å². The van der Waals surface area contributed by atoms with E-state index < -0.39 is 12.1 Å². The first-order valence-electron chi connectivity index (χ1n) is 7.32. The number of H-pyrrole nitrogens is 1. The van der Waals surface area contributed by atoms with Crippen molar-refractivity contribution in [1.29, 1.82) is 0 Å². The average molecular weight is 390 g/mol. The zero-order valence-corrected chi connectivity index (χ0v) is 14.5. The van der Waals surface area contributed by atoms with Crippen LogP contribution in [0.5, 0.6) is 5.75 Å². The lowest BCUT2D eigenvalue weighted by Crippen LogP contribution is -2.29. The Bertz CT molecular complexity index is 861. The van der Waals surface area contributed by atoms with E-state index in [9.17, 15) is 4.79 Å². The number of nitrogens with zero attached hydrogens (tertiary/aromatic N) is 1. The number of benzene rings is 2. The molecule has 0 bridgehead atoms. The van der Waals surface area contributed by atoms with Crippen LogP contribution in [0, 0.1) is 0 Å². The van der Waals surface area contributed by atoms with Crippen LogP contribution in [0.15, 0.2) is 46.9 Å². The molecule has 1 amide bonds.